The highest BCUT2D eigenvalue weighted by Crippen LogP contribution is 2.34. The van der Waals surface area contributed by atoms with Gasteiger partial charge in [0.05, 0.1) is 0 Å². The van der Waals surface area contributed by atoms with Gasteiger partial charge in [-0.05, 0) is 76.1 Å². The average molecular weight is 551 g/mol. The Labute approximate surface area is 241 Å². The Kier molecular flexibility index (Phi) is 9.65. The Bertz CT molecular complexity index is 1190. The maximum absolute atomic E-state index is 13.4. The zero-order chi connectivity index (χ0) is 29.0. The number of hydrogen-bond donors (Lipinski definition) is 0. The number of fused-ring (bicyclic) bond motifs is 3. The number of nitrogens with zero attached hydrogens (tertiary/aromatic N) is 4. The fraction of sp³-hybridized carbons (Fsp3) is 0.636. The van der Waals surface area contributed by atoms with E-state index in [1.807, 2.05) is 56.6 Å². The Morgan fingerprint density at radius 2 is 1.65 bits per heavy atom. The van der Waals surface area contributed by atoms with Gasteiger partial charge in [-0.2, -0.15) is 0 Å². The minimum atomic E-state index is -0.469. The number of carbonyl (C=O) groups excluding carboxylic acids is 2. The number of amides is 2. The average Bonchev–Trinajstić information content (AvgIpc) is 3.25. The van der Waals surface area contributed by atoms with Crippen LogP contribution < -0.4 is 0 Å². The van der Waals surface area contributed by atoms with Crippen LogP contribution in [0.5, 0.6) is 0 Å². The van der Waals surface area contributed by atoms with Crippen molar-refractivity contribution in [1.82, 2.24) is 19.3 Å². The molecule has 0 spiro atoms. The zero-order valence-corrected chi connectivity index (χ0v) is 25.7. The fourth-order valence-electron chi connectivity index (χ4n) is 6.39. The number of hydrogen-bond acceptors (Lipinski definition) is 4. The summed E-state index contributed by atoms with van der Waals surface area (Å²) < 4.78 is 7.98. The van der Waals surface area contributed by atoms with Crippen LogP contribution in [0, 0.1) is 5.92 Å². The van der Waals surface area contributed by atoms with Crippen LogP contribution in [0.2, 0.25) is 0 Å². The molecule has 1 aromatic carbocycles. The lowest BCUT2D eigenvalue weighted by Gasteiger charge is -2.40. The van der Waals surface area contributed by atoms with Crippen molar-refractivity contribution in [2.24, 2.45) is 5.92 Å². The first-order chi connectivity index (χ1) is 19.1. The molecule has 40 heavy (non-hydrogen) atoms. The van der Waals surface area contributed by atoms with Crippen molar-refractivity contribution in [3.8, 4) is 0 Å². The number of likely N-dealkylation sites (tertiary alicyclic amines) is 2. The van der Waals surface area contributed by atoms with Crippen molar-refractivity contribution < 1.29 is 14.3 Å². The summed E-state index contributed by atoms with van der Waals surface area (Å²) in [5.41, 5.74) is 4.25. The van der Waals surface area contributed by atoms with Crippen molar-refractivity contribution in [2.75, 3.05) is 32.7 Å². The van der Waals surface area contributed by atoms with E-state index in [1.54, 1.807) is 0 Å². The predicted octanol–water partition coefficient (Wildman–Crippen LogP) is 6.48. The van der Waals surface area contributed by atoms with E-state index < -0.39 is 5.60 Å². The van der Waals surface area contributed by atoms with E-state index in [1.165, 1.54) is 22.2 Å². The molecule has 0 radical (unpaired) electrons. The first kappa shape index (κ1) is 30.2. The molecule has 220 valence electrons. The number of ether oxygens (including phenoxy) is 1. The van der Waals surface area contributed by atoms with Crippen LogP contribution in [-0.4, -0.2) is 75.6 Å². The molecule has 5 rings (SSSR count). The molecule has 3 aliphatic heterocycles. The first-order valence-electron chi connectivity index (χ1n) is 15.4. The minimum Gasteiger partial charge on any atom is -0.444 e. The molecule has 2 amide bonds. The van der Waals surface area contributed by atoms with Gasteiger partial charge in [0.25, 0.3) is 5.91 Å². The number of aromatic nitrogens is 1. The van der Waals surface area contributed by atoms with Crippen molar-refractivity contribution in [3.63, 3.8) is 0 Å². The van der Waals surface area contributed by atoms with E-state index in [2.05, 4.69) is 35.1 Å². The molecule has 7 nitrogen and oxygen atoms in total. The first-order valence-corrected chi connectivity index (χ1v) is 15.4. The van der Waals surface area contributed by atoms with Gasteiger partial charge in [-0.3, -0.25) is 9.69 Å². The molecular formula is C33H50N4O3. The third-order valence-corrected chi connectivity index (χ3v) is 8.55. The second kappa shape index (κ2) is 12.8. The van der Waals surface area contributed by atoms with E-state index in [4.69, 9.17) is 4.74 Å². The Morgan fingerprint density at radius 1 is 1.00 bits per heavy atom. The number of benzene rings is 1. The molecule has 0 unspecified atom stereocenters. The molecule has 0 atom stereocenters. The molecule has 2 fully saturated rings. The summed E-state index contributed by atoms with van der Waals surface area (Å²) in [6.45, 7) is 21.8. The second-order valence-corrected chi connectivity index (χ2v) is 12.5. The molecule has 3 aliphatic rings. The zero-order valence-electron chi connectivity index (χ0n) is 25.7. The molecule has 0 N–H and O–H groups in total. The van der Waals surface area contributed by atoms with Gasteiger partial charge in [0.1, 0.15) is 5.60 Å². The molecule has 7 heteroatoms. The highest BCUT2D eigenvalue weighted by molar-refractivity contribution is 5.99. The van der Waals surface area contributed by atoms with Gasteiger partial charge >= 0.3 is 6.09 Å². The predicted molar refractivity (Wildman–Crippen MR) is 163 cm³/mol. The monoisotopic (exact) mass is 550 g/mol. The van der Waals surface area contributed by atoms with Gasteiger partial charge in [0, 0.05) is 80.4 Å². The number of allylic oxidation sites excluding steroid dienone is 1. The quantitative estimate of drug-likeness (QED) is 0.409. The third kappa shape index (κ3) is 6.56. The van der Waals surface area contributed by atoms with Gasteiger partial charge < -0.3 is 19.1 Å². The van der Waals surface area contributed by atoms with Gasteiger partial charge in [-0.15, -0.1) is 6.58 Å². The third-order valence-electron chi connectivity index (χ3n) is 8.55. The maximum Gasteiger partial charge on any atom is 0.410 e. The largest absolute Gasteiger partial charge is 0.444 e. The van der Waals surface area contributed by atoms with Crippen molar-refractivity contribution in [1.29, 1.82) is 0 Å². The molecular weight excluding hydrogens is 500 g/mol. The van der Waals surface area contributed by atoms with E-state index in [-0.39, 0.29) is 12.0 Å². The highest BCUT2D eigenvalue weighted by Gasteiger charge is 2.33. The second-order valence-electron chi connectivity index (χ2n) is 12.5. The lowest BCUT2D eigenvalue weighted by Crippen LogP contribution is -2.49. The minimum absolute atomic E-state index is 0.159. The highest BCUT2D eigenvalue weighted by atomic mass is 16.6. The van der Waals surface area contributed by atoms with E-state index in [0.717, 1.165) is 83.5 Å². The molecule has 2 aromatic rings. The number of piperidine rings is 2. The van der Waals surface area contributed by atoms with Crippen LogP contribution in [0.3, 0.4) is 0 Å². The smallest absolute Gasteiger partial charge is 0.410 e. The standard InChI is InChI=1S/C31H44N4O3.C2H6/c1-6-14-35-27-8-7-23(29(36)32-15-9-22(2)10-16-32)20-25(27)26-21-34(19-13-28(26)35)24-11-17-33(18-12-24)30(37)38-31(3,4)5;1-2/h6-8,20,22,24H,1,9-19,21H2,2-5H3;1-2H3. The Balaban J connectivity index is 0.00000181. The normalized spacial score (nSPS) is 19.1. The summed E-state index contributed by atoms with van der Waals surface area (Å²) >= 11 is 0. The summed E-state index contributed by atoms with van der Waals surface area (Å²) in [5.74, 6) is 0.856. The topological polar surface area (TPSA) is 58.0 Å². The molecule has 0 saturated carbocycles. The van der Waals surface area contributed by atoms with Gasteiger partial charge in [-0.25, -0.2) is 4.79 Å². The number of rotatable bonds is 4. The van der Waals surface area contributed by atoms with Crippen LogP contribution >= 0.6 is 0 Å². The van der Waals surface area contributed by atoms with Crippen molar-refractivity contribution in [3.05, 3.63) is 47.7 Å². The van der Waals surface area contributed by atoms with Gasteiger partial charge in [-0.1, -0.05) is 26.8 Å². The maximum atomic E-state index is 13.4. The summed E-state index contributed by atoms with van der Waals surface area (Å²) in [6.07, 6.45) is 6.82. The van der Waals surface area contributed by atoms with Gasteiger partial charge in [0.15, 0.2) is 0 Å². The molecule has 2 saturated heterocycles. The summed E-state index contributed by atoms with van der Waals surface area (Å²) in [4.78, 5) is 32.4. The van der Waals surface area contributed by atoms with Crippen LogP contribution in [0.25, 0.3) is 10.9 Å². The SMILES string of the molecule is C=CCn1c2c(c3cc(C(=O)N4CCC(C)CC4)ccc31)CN(C1CCN(C(=O)OC(C)(C)C)CC1)CC2.CC. The van der Waals surface area contributed by atoms with Crippen LogP contribution in [0.15, 0.2) is 30.9 Å². The number of carbonyl (C=O) groups is 2. The van der Waals surface area contributed by atoms with E-state index in [9.17, 15) is 9.59 Å². The van der Waals surface area contributed by atoms with Gasteiger partial charge in [0.2, 0.25) is 0 Å². The molecule has 0 bridgehead atoms. The molecule has 1 aromatic heterocycles. The van der Waals surface area contributed by atoms with Crippen molar-refractivity contribution >= 4 is 22.9 Å². The Hall–Kier alpha value is -2.80. The van der Waals surface area contributed by atoms with E-state index in [0.29, 0.717) is 12.0 Å². The molecule has 0 aliphatic carbocycles. The van der Waals surface area contributed by atoms with Crippen LogP contribution in [-0.2, 0) is 24.2 Å². The fourth-order valence-corrected chi connectivity index (χ4v) is 6.39. The Morgan fingerprint density at radius 3 is 2.27 bits per heavy atom. The van der Waals surface area contributed by atoms with E-state index >= 15 is 0 Å². The van der Waals surface area contributed by atoms with Crippen molar-refractivity contribution in [2.45, 2.75) is 98.4 Å². The van der Waals surface area contributed by atoms with Crippen LogP contribution in [0.1, 0.15) is 88.8 Å². The van der Waals surface area contributed by atoms with Crippen LogP contribution in [0.4, 0.5) is 4.79 Å². The lowest BCUT2D eigenvalue weighted by atomic mass is 9.96. The summed E-state index contributed by atoms with van der Waals surface area (Å²) in [7, 11) is 0. The summed E-state index contributed by atoms with van der Waals surface area (Å²) in [6, 6.07) is 6.74. The summed E-state index contributed by atoms with van der Waals surface area (Å²) in [5, 5.41) is 1.20. The molecule has 4 heterocycles. The lowest BCUT2D eigenvalue weighted by molar-refractivity contribution is 0.0133.